The molecule has 1 unspecified atom stereocenters. The average Bonchev–Trinajstić information content (AvgIpc) is 3.02. The van der Waals surface area contributed by atoms with Crippen LogP contribution in [0.25, 0.3) is 0 Å². The molecule has 2 aliphatic rings. The van der Waals surface area contributed by atoms with Crippen molar-refractivity contribution in [1.29, 1.82) is 0 Å². The summed E-state index contributed by atoms with van der Waals surface area (Å²) in [5.74, 6) is -1.35. The van der Waals surface area contributed by atoms with Crippen LogP contribution in [-0.2, 0) is 9.59 Å². The van der Waals surface area contributed by atoms with Crippen LogP contribution in [0.3, 0.4) is 0 Å². The van der Waals surface area contributed by atoms with Gasteiger partial charge in [-0.2, -0.15) is 0 Å². The number of fused-ring (bicyclic) bond motifs is 1. The molecule has 7 heteroatoms. The fourth-order valence-corrected chi connectivity index (χ4v) is 4.15. The minimum Gasteiger partial charge on any atom is -0.311 e. The zero-order chi connectivity index (χ0) is 22.5. The van der Waals surface area contributed by atoms with E-state index in [2.05, 4.69) is 10.3 Å². The Morgan fingerprint density at radius 1 is 0.844 bits per heavy atom. The maximum Gasteiger partial charge on any atom is 0.331 e. The number of imide groups is 1. The number of hydrogen-bond donors (Lipinski definition) is 1. The lowest BCUT2D eigenvalue weighted by Gasteiger charge is -2.25. The third-order valence-electron chi connectivity index (χ3n) is 5.72. The topological polar surface area (TPSA) is 82.1 Å². The largest absolute Gasteiger partial charge is 0.331 e. The molecule has 0 saturated carbocycles. The van der Waals surface area contributed by atoms with E-state index in [1.54, 1.807) is 31.3 Å². The number of carbonyl (C=O) groups excluding carboxylic acids is 3. The van der Waals surface area contributed by atoms with Crippen LogP contribution in [0.4, 0.5) is 16.2 Å². The molecule has 158 valence electrons. The third kappa shape index (κ3) is 2.82. The van der Waals surface area contributed by atoms with E-state index in [-0.39, 0.29) is 0 Å². The highest BCUT2D eigenvalue weighted by molar-refractivity contribution is 6.35. The SMILES string of the molecule is Cc1cccc(N2C(=O)NC3(N=C(c4ccccc4)c4ccccc4N(C)C3=O)C2=O)c1. The molecule has 3 aromatic rings. The first-order chi connectivity index (χ1) is 15.4. The van der Waals surface area contributed by atoms with Gasteiger partial charge in [-0.25, -0.2) is 14.7 Å². The number of hydrogen-bond acceptors (Lipinski definition) is 4. The van der Waals surface area contributed by atoms with Gasteiger partial charge in [-0.3, -0.25) is 14.9 Å². The molecule has 3 aromatic carbocycles. The smallest absolute Gasteiger partial charge is 0.311 e. The third-order valence-corrected chi connectivity index (χ3v) is 5.72. The summed E-state index contributed by atoms with van der Waals surface area (Å²) < 4.78 is 0. The average molecular weight is 424 g/mol. The van der Waals surface area contributed by atoms with Crippen molar-refractivity contribution in [1.82, 2.24) is 5.32 Å². The molecular weight excluding hydrogens is 404 g/mol. The molecule has 1 atom stereocenters. The number of anilines is 2. The van der Waals surface area contributed by atoms with Gasteiger partial charge in [0, 0.05) is 18.2 Å². The maximum atomic E-state index is 13.7. The van der Waals surface area contributed by atoms with Crippen LogP contribution in [0.1, 0.15) is 16.7 Å². The van der Waals surface area contributed by atoms with Crippen LogP contribution in [0.15, 0.2) is 83.9 Å². The van der Waals surface area contributed by atoms with Crippen molar-refractivity contribution < 1.29 is 14.4 Å². The summed E-state index contributed by atoms with van der Waals surface area (Å²) in [5.41, 5.74) is 1.67. The molecule has 1 fully saturated rings. The molecule has 4 amide bonds. The number of nitrogens with zero attached hydrogens (tertiary/aromatic N) is 3. The van der Waals surface area contributed by atoms with Gasteiger partial charge >= 0.3 is 6.03 Å². The Balaban J connectivity index is 1.74. The first kappa shape index (κ1) is 19.7. The minimum absolute atomic E-state index is 0.387. The fraction of sp³-hybridized carbons (Fsp3) is 0.120. The normalized spacial score (nSPS) is 20.2. The van der Waals surface area contributed by atoms with E-state index in [0.29, 0.717) is 22.6 Å². The van der Waals surface area contributed by atoms with E-state index in [0.717, 1.165) is 16.0 Å². The Labute approximate surface area is 185 Å². The van der Waals surface area contributed by atoms with Crippen LogP contribution in [0.5, 0.6) is 0 Å². The molecule has 32 heavy (non-hydrogen) atoms. The molecule has 2 aliphatic heterocycles. The Morgan fingerprint density at radius 3 is 2.31 bits per heavy atom. The number of benzene rings is 3. The van der Waals surface area contributed by atoms with E-state index in [1.165, 1.54) is 4.90 Å². The minimum atomic E-state index is -2.10. The molecule has 1 saturated heterocycles. The van der Waals surface area contributed by atoms with Gasteiger partial charge in [-0.15, -0.1) is 0 Å². The highest BCUT2D eigenvalue weighted by Gasteiger charge is 2.60. The highest BCUT2D eigenvalue weighted by Crippen LogP contribution is 2.35. The lowest BCUT2D eigenvalue weighted by atomic mass is 10.0. The lowest BCUT2D eigenvalue weighted by molar-refractivity contribution is -0.132. The molecule has 0 aromatic heterocycles. The standard InChI is InChI=1S/C25H20N4O3/c1-16-9-8-12-18(15-16)29-23(31)25(27-24(29)32)22(30)28(2)20-14-7-6-13-19(20)21(26-25)17-10-4-3-5-11-17/h3-15H,1-2H3,(H,27,32). The molecular formula is C25H20N4O3. The van der Waals surface area contributed by atoms with Gasteiger partial charge in [-0.05, 0) is 30.7 Å². The predicted molar refractivity (Wildman–Crippen MR) is 122 cm³/mol. The maximum absolute atomic E-state index is 13.7. The van der Waals surface area contributed by atoms with Crippen LogP contribution in [0.2, 0.25) is 0 Å². The summed E-state index contributed by atoms with van der Waals surface area (Å²) in [4.78, 5) is 47.4. The number of likely N-dealkylation sites (N-methyl/N-ethyl adjacent to an activating group) is 1. The van der Waals surface area contributed by atoms with Gasteiger partial charge in [0.15, 0.2) is 0 Å². The molecule has 5 rings (SSSR count). The number of aryl methyl sites for hydroxylation is 1. The zero-order valence-electron chi connectivity index (χ0n) is 17.6. The quantitative estimate of drug-likeness (QED) is 0.506. The van der Waals surface area contributed by atoms with Crippen LogP contribution in [0, 0.1) is 6.92 Å². The Bertz CT molecular complexity index is 1300. The van der Waals surface area contributed by atoms with E-state index >= 15 is 0 Å². The predicted octanol–water partition coefficient (Wildman–Crippen LogP) is 3.26. The van der Waals surface area contributed by atoms with Gasteiger partial charge in [-0.1, -0.05) is 60.7 Å². The summed E-state index contributed by atoms with van der Waals surface area (Å²) in [5, 5.41) is 2.60. The number of urea groups is 1. The second-order valence-corrected chi connectivity index (χ2v) is 7.83. The van der Waals surface area contributed by atoms with Gasteiger partial charge in [0.25, 0.3) is 17.5 Å². The van der Waals surface area contributed by atoms with Crippen molar-refractivity contribution in [2.75, 3.05) is 16.8 Å². The molecule has 1 spiro atoms. The van der Waals surface area contributed by atoms with Crippen molar-refractivity contribution >= 4 is 34.9 Å². The van der Waals surface area contributed by atoms with E-state index in [1.807, 2.05) is 61.5 Å². The monoisotopic (exact) mass is 424 g/mol. The number of rotatable bonds is 2. The Kier molecular flexibility index (Phi) is 4.41. The Morgan fingerprint density at radius 2 is 1.56 bits per heavy atom. The van der Waals surface area contributed by atoms with Crippen molar-refractivity contribution in [2.45, 2.75) is 12.6 Å². The second kappa shape index (κ2) is 7.16. The molecule has 1 N–H and O–H groups in total. The number of amides is 4. The van der Waals surface area contributed by atoms with Crippen molar-refractivity contribution in [2.24, 2.45) is 4.99 Å². The van der Waals surface area contributed by atoms with E-state index in [9.17, 15) is 14.4 Å². The van der Waals surface area contributed by atoms with Gasteiger partial charge < -0.3 is 4.90 Å². The lowest BCUT2D eigenvalue weighted by Crippen LogP contribution is -2.57. The summed E-state index contributed by atoms with van der Waals surface area (Å²) in [6.45, 7) is 1.87. The summed E-state index contributed by atoms with van der Waals surface area (Å²) in [6, 6.07) is 22.9. The number of nitrogens with one attached hydrogen (secondary N) is 1. The van der Waals surface area contributed by atoms with Gasteiger partial charge in [0.2, 0.25) is 0 Å². The molecule has 0 radical (unpaired) electrons. The van der Waals surface area contributed by atoms with Gasteiger partial charge in [0.1, 0.15) is 0 Å². The molecule has 2 heterocycles. The van der Waals surface area contributed by atoms with E-state index < -0.39 is 23.5 Å². The molecule has 0 aliphatic carbocycles. The van der Waals surface area contributed by atoms with Crippen molar-refractivity contribution in [3.63, 3.8) is 0 Å². The van der Waals surface area contributed by atoms with Crippen molar-refractivity contribution in [3.05, 3.63) is 95.6 Å². The first-order valence-corrected chi connectivity index (χ1v) is 10.2. The number of para-hydroxylation sites is 1. The second-order valence-electron chi connectivity index (χ2n) is 7.83. The number of carbonyl (C=O) groups is 3. The summed E-state index contributed by atoms with van der Waals surface area (Å²) in [6.07, 6.45) is 0. The zero-order valence-corrected chi connectivity index (χ0v) is 17.6. The highest BCUT2D eigenvalue weighted by atomic mass is 16.2. The van der Waals surface area contributed by atoms with Crippen LogP contribution >= 0.6 is 0 Å². The molecule has 0 bridgehead atoms. The first-order valence-electron chi connectivity index (χ1n) is 10.2. The van der Waals surface area contributed by atoms with Crippen LogP contribution < -0.4 is 15.1 Å². The van der Waals surface area contributed by atoms with Crippen LogP contribution in [-0.4, -0.2) is 36.3 Å². The number of aliphatic imine (C=N–C) groups is 1. The van der Waals surface area contributed by atoms with E-state index in [4.69, 9.17) is 0 Å². The van der Waals surface area contributed by atoms with Crippen molar-refractivity contribution in [3.8, 4) is 0 Å². The molecule has 7 nitrogen and oxygen atoms in total. The van der Waals surface area contributed by atoms with Gasteiger partial charge in [0.05, 0.1) is 17.1 Å². The summed E-state index contributed by atoms with van der Waals surface area (Å²) in [7, 11) is 1.58. The fourth-order valence-electron chi connectivity index (χ4n) is 4.15. The Hall–Kier alpha value is -4.26. The summed E-state index contributed by atoms with van der Waals surface area (Å²) >= 11 is 0.